The summed E-state index contributed by atoms with van der Waals surface area (Å²) in [6.45, 7) is 10.9. The molecule has 0 radical (unpaired) electrons. The summed E-state index contributed by atoms with van der Waals surface area (Å²) in [5, 5.41) is 3.67. The Kier molecular flexibility index (Phi) is 5.09. The molecule has 20 heavy (non-hydrogen) atoms. The van der Waals surface area contributed by atoms with Gasteiger partial charge in [0.1, 0.15) is 5.75 Å². The predicted molar refractivity (Wildman–Crippen MR) is 85.2 cm³/mol. The van der Waals surface area contributed by atoms with Gasteiger partial charge >= 0.3 is 0 Å². The largest absolute Gasteiger partial charge is 0.493 e. The van der Waals surface area contributed by atoms with E-state index in [1.165, 1.54) is 24.8 Å². The van der Waals surface area contributed by atoms with Crippen molar-refractivity contribution in [3.63, 3.8) is 0 Å². The van der Waals surface area contributed by atoms with E-state index in [1.54, 1.807) is 0 Å². The summed E-state index contributed by atoms with van der Waals surface area (Å²) in [5.74, 6) is 1.54. The molecule has 0 saturated heterocycles. The number of nitrogens with one attached hydrogen (secondary N) is 1. The fourth-order valence-electron chi connectivity index (χ4n) is 2.59. The van der Waals surface area contributed by atoms with Crippen molar-refractivity contribution in [2.75, 3.05) is 13.2 Å². The fraction of sp³-hybridized carbons (Fsp3) is 0.667. The van der Waals surface area contributed by atoms with Gasteiger partial charge < -0.3 is 10.1 Å². The van der Waals surface area contributed by atoms with Gasteiger partial charge in [0.05, 0.1) is 6.61 Å². The van der Waals surface area contributed by atoms with Gasteiger partial charge in [-0.2, -0.15) is 0 Å². The maximum absolute atomic E-state index is 5.72. The second-order valence-corrected chi connectivity index (χ2v) is 7.04. The Morgan fingerprint density at radius 3 is 2.30 bits per heavy atom. The van der Waals surface area contributed by atoms with Gasteiger partial charge in [0.2, 0.25) is 0 Å². The van der Waals surface area contributed by atoms with Crippen LogP contribution in [0.2, 0.25) is 0 Å². The van der Waals surface area contributed by atoms with E-state index in [0.29, 0.717) is 17.4 Å². The Morgan fingerprint density at radius 1 is 1.15 bits per heavy atom. The lowest BCUT2D eigenvalue weighted by molar-refractivity contribution is 0.152. The summed E-state index contributed by atoms with van der Waals surface area (Å²) in [4.78, 5) is 0. The monoisotopic (exact) mass is 275 g/mol. The van der Waals surface area contributed by atoms with Gasteiger partial charge in [0, 0.05) is 12.6 Å². The third-order valence-corrected chi connectivity index (χ3v) is 4.36. The van der Waals surface area contributed by atoms with Crippen molar-refractivity contribution >= 4 is 0 Å². The van der Waals surface area contributed by atoms with Crippen LogP contribution in [0.15, 0.2) is 24.3 Å². The normalized spacial score (nSPS) is 18.6. The van der Waals surface area contributed by atoms with Gasteiger partial charge in [0.15, 0.2) is 0 Å². The van der Waals surface area contributed by atoms with Crippen LogP contribution < -0.4 is 10.1 Å². The molecule has 1 aromatic rings. The molecule has 0 amide bonds. The predicted octanol–water partition coefficient (Wildman–Crippen LogP) is 4.56. The Morgan fingerprint density at radius 2 is 1.80 bits per heavy atom. The number of rotatable bonds is 7. The Bertz CT molecular complexity index is 406. The van der Waals surface area contributed by atoms with Crippen LogP contribution in [-0.4, -0.2) is 13.2 Å². The summed E-state index contributed by atoms with van der Waals surface area (Å²) >= 11 is 0. The van der Waals surface area contributed by atoms with E-state index in [9.17, 15) is 0 Å². The number of benzene rings is 1. The van der Waals surface area contributed by atoms with Crippen molar-refractivity contribution < 1.29 is 4.74 Å². The second kappa shape index (κ2) is 6.62. The highest BCUT2D eigenvalue weighted by molar-refractivity contribution is 5.29. The number of ether oxygens (including phenoxy) is 1. The Labute approximate surface area is 123 Å². The van der Waals surface area contributed by atoms with Crippen molar-refractivity contribution in [3.8, 4) is 5.75 Å². The maximum Gasteiger partial charge on any atom is 0.119 e. The summed E-state index contributed by atoms with van der Waals surface area (Å²) in [6, 6.07) is 8.93. The maximum atomic E-state index is 5.72. The molecule has 0 heterocycles. The summed E-state index contributed by atoms with van der Waals surface area (Å²) < 4.78 is 5.72. The molecule has 1 aliphatic carbocycles. The van der Waals surface area contributed by atoms with Crippen molar-refractivity contribution in [1.82, 2.24) is 5.32 Å². The van der Waals surface area contributed by atoms with Gasteiger partial charge in [-0.05, 0) is 48.8 Å². The zero-order chi connectivity index (χ0) is 14.6. The first-order chi connectivity index (χ1) is 9.48. The highest BCUT2D eigenvalue weighted by Crippen LogP contribution is 2.39. The molecule has 0 aliphatic heterocycles. The van der Waals surface area contributed by atoms with Crippen LogP contribution in [0.25, 0.3) is 0 Å². The molecule has 1 aromatic carbocycles. The first-order valence-corrected chi connectivity index (χ1v) is 7.95. The molecule has 1 aliphatic rings. The van der Waals surface area contributed by atoms with Crippen molar-refractivity contribution in [2.45, 2.75) is 53.0 Å². The minimum absolute atomic E-state index is 0.409. The molecule has 1 atom stereocenters. The Balaban J connectivity index is 1.82. The summed E-state index contributed by atoms with van der Waals surface area (Å²) in [7, 11) is 0. The van der Waals surface area contributed by atoms with E-state index in [4.69, 9.17) is 4.74 Å². The number of hydrogen-bond acceptors (Lipinski definition) is 2. The SMILES string of the molecule is CC(C)COc1ccc(C(C)NCC2(C)CCC2)cc1. The highest BCUT2D eigenvalue weighted by Gasteiger charge is 2.31. The summed E-state index contributed by atoms with van der Waals surface area (Å²) in [6.07, 6.45) is 4.14. The van der Waals surface area contributed by atoms with E-state index in [-0.39, 0.29) is 0 Å². The minimum atomic E-state index is 0.409. The van der Waals surface area contributed by atoms with Crippen LogP contribution in [0.1, 0.15) is 58.6 Å². The van der Waals surface area contributed by atoms with E-state index >= 15 is 0 Å². The first kappa shape index (κ1) is 15.4. The zero-order valence-corrected chi connectivity index (χ0v) is 13.4. The van der Waals surface area contributed by atoms with Crippen LogP contribution in [0.4, 0.5) is 0 Å². The third kappa shape index (κ3) is 4.24. The van der Waals surface area contributed by atoms with Crippen LogP contribution in [0.5, 0.6) is 5.75 Å². The van der Waals surface area contributed by atoms with Crippen LogP contribution in [0.3, 0.4) is 0 Å². The molecule has 2 heteroatoms. The molecule has 112 valence electrons. The van der Waals surface area contributed by atoms with Crippen LogP contribution in [0, 0.1) is 11.3 Å². The third-order valence-electron chi connectivity index (χ3n) is 4.36. The van der Waals surface area contributed by atoms with Gasteiger partial charge in [-0.15, -0.1) is 0 Å². The van der Waals surface area contributed by atoms with Crippen molar-refractivity contribution in [2.24, 2.45) is 11.3 Å². The van der Waals surface area contributed by atoms with Crippen molar-refractivity contribution in [1.29, 1.82) is 0 Å². The smallest absolute Gasteiger partial charge is 0.119 e. The second-order valence-electron chi connectivity index (χ2n) is 7.04. The highest BCUT2D eigenvalue weighted by atomic mass is 16.5. The molecule has 1 N–H and O–H groups in total. The molecular weight excluding hydrogens is 246 g/mol. The van der Waals surface area contributed by atoms with Crippen LogP contribution in [-0.2, 0) is 0 Å². The quantitative estimate of drug-likeness (QED) is 0.787. The molecule has 2 rings (SSSR count). The number of hydrogen-bond donors (Lipinski definition) is 1. The average Bonchev–Trinajstić information content (AvgIpc) is 2.41. The standard InChI is InChI=1S/C18H29NO/c1-14(2)12-20-17-8-6-16(7-9-17)15(3)19-13-18(4)10-5-11-18/h6-9,14-15,19H,5,10-13H2,1-4H3. The van der Waals surface area contributed by atoms with E-state index in [0.717, 1.165) is 18.9 Å². The van der Waals surface area contributed by atoms with Gasteiger partial charge in [-0.3, -0.25) is 0 Å². The molecule has 0 bridgehead atoms. The molecule has 2 nitrogen and oxygen atoms in total. The molecule has 1 saturated carbocycles. The molecule has 1 unspecified atom stereocenters. The fourth-order valence-corrected chi connectivity index (χ4v) is 2.59. The molecular formula is C18H29NO. The lowest BCUT2D eigenvalue weighted by Gasteiger charge is -2.39. The van der Waals surface area contributed by atoms with Crippen molar-refractivity contribution in [3.05, 3.63) is 29.8 Å². The molecule has 0 spiro atoms. The van der Waals surface area contributed by atoms with E-state index in [1.807, 2.05) is 0 Å². The zero-order valence-electron chi connectivity index (χ0n) is 13.4. The van der Waals surface area contributed by atoms with E-state index in [2.05, 4.69) is 57.3 Å². The van der Waals surface area contributed by atoms with E-state index < -0.39 is 0 Å². The molecule has 1 fully saturated rings. The minimum Gasteiger partial charge on any atom is -0.493 e. The molecule has 0 aromatic heterocycles. The lowest BCUT2D eigenvalue weighted by atomic mass is 9.70. The average molecular weight is 275 g/mol. The van der Waals surface area contributed by atoms with Gasteiger partial charge in [-0.25, -0.2) is 0 Å². The van der Waals surface area contributed by atoms with Gasteiger partial charge in [-0.1, -0.05) is 39.3 Å². The Hall–Kier alpha value is -1.02. The van der Waals surface area contributed by atoms with Crippen LogP contribution >= 0.6 is 0 Å². The first-order valence-electron chi connectivity index (χ1n) is 7.95. The summed E-state index contributed by atoms with van der Waals surface area (Å²) in [5.41, 5.74) is 1.87. The van der Waals surface area contributed by atoms with Gasteiger partial charge in [0.25, 0.3) is 0 Å². The lowest BCUT2D eigenvalue weighted by Crippen LogP contribution is -2.38. The topological polar surface area (TPSA) is 21.3 Å².